The average Bonchev–Trinajstić information content (AvgIpc) is 3.86. The first-order valence-corrected chi connectivity index (χ1v) is 15.2. The summed E-state index contributed by atoms with van der Waals surface area (Å²) in [6.07, 6.45) is -3.47. The van der Waals surface area contributed by atoms with Gasteiger partial charge in [0.05, 0.1) is 22.5 Å². The predicted octanol–water partition coefficient (Wildman–Crippen LogP) is 6.74. The fraction of sp³-hybridized carbons (Fsp3) is 0.767. The molecule has 0 bridgehead atoms. The summed E-state index contributed by atoms with van der Waals surface area (Å²) in [5.41, 5.74) is -2.47. The van der Waals surface area contributed by atoms with Crippen LogP contribution in [0, 0.1) is 10.8 Å². The second-order valence-electron chi connectivity index (χ2n) is 12.9. The fourth-order valence-electron chi connectivity index (χ4n) is 6.69. The van der Waals surface area contributed by atoms with Crippen molar-refractivity contribution in [3.05, 3.63) is 29.3 Å². The number of esters is 1. The highest BCUT2D eigenvalue weighted by atomic mass is 19.4. The monoisotopic (exact) mass is 604 g/mol. The summed E-state index contributed by atoms with van der Waals surface area (Å²) in [5, 5.41) is 6.25. The molecule has 5 atom stereocenters. The summed E-state index contributed by atoms with van der Waals surface area (Å²) in [6, 6.07) is 4.42. The first-order valence-electron chi connectivity index (χ1n) is 15.2. The van der Waals surface area contributed by atoms with Crippen LogP contribution in [0.1, 0.15) is 99.3 Å². The van der Waals surface area contributed by atoms with E-state index in [2.05, 4.69) is 10.6 Å². The molecule has 42 heavy (non-hydrogen) atoms. The highest BCUT2D eigenvalue weighted by Gasteiger charge is 2.63. The number of hydrogen-bond acceptors (Lipinski definition) is 6. The van der Waals surface area contributed by atoms with Crippen LogP contribution in [-0.4, -0.2) is 55.7 Å². The van der Waals surface area contributed by atoms with Gasteiger partial charge in [-0.05, 0) is 76.0 Å². The van der Waals surface area contributed by atoms with Gasteiger partial charge >= 0.3 is 18.3 Å². The molecule has 12 heteroatoms. The molecule has 1 aromatic carbocycles. The Morgan fingerprint density at radius 2 is 1.31 bits per heavy atom. The quantitative estimate of drug-likeness (QED) is 0.228. The van der Waals surface area contributed by atoms with E-state index < -0.39 is 41.5 Å². The normalized spacial score (nSPS) is 31.8. The molecule has 1 heterocycles. The Bertz CT molecular complexity index is 1150. The molecule has 0 amide bonds. The summed E-state index contributed by atoms with van der Waals surface area (Å²) < 4.78 is 98.8. The Morgan fingerprint density at radius 3 is 1.86 bits per heavy atom. The average molecular weight is 605 g/mol. The van der Waals surface area contributed by atoms with E-state index in [-0.39, 0.29) is 57.0 Å². The first-order chi connectivity index (χ1) is 19.9. The summed E-state index contributed by atoms with van der Waals surface area (Å²) >= 11 is 0. The second kappa shape index (κ2) is 11.1. The molecule has 6 nitrogen and oxygen atoms in total. The Hall–Kier alpha value is -2.05. The number of cyclic esters (lactones) is 1. The molecule has 0 spiro atoms. The van der Waals surface area contributed by atoms with Crippen molar-refractivity contribution in [1.29, 1.82) is 0 Å². The fourth-order valence-corrected chi connectivity index (χ4v) is 6.69. The lowest BCUT2D eigenvalue weighted by molar-refractivity contribution is -0.188. The third kappa shape index (κ3) is 6.00. The van der Waals surface area contributed by atoms with E-state index in [9.17, 15) is 31.1 Å². The molecule has 0 saturated heterocycles. The van der Waals surface area contributed by atoms with Gasteiger partial charge < -0.3 is 24.8 Å². The topological polar surface area (TPSA) is 68.8 Å². The zero-order chi connectivity index (χ0) is 29.8. The zero-order valence-corrected chi connectivity index (χ0v) is 23.4. The Kier molecular flexibility index (Phi) is 7.96. The van der Waals surface area contributed by atoms with E-state index >= 15 is 0 Å². The largest absolute Gasteiger partial charge is 0.489 e. The second-order valence-corrected chi connectivity index (χ2v) is 12.9. The highest BCUT2D eigenvalue weighted by molar-refractivity contribution is 5.94. The van der Waals surface area contributed by atoms with E-state index in [1.54, 1.807) is 18.2 Å². The van der Waals surface area contributed by atoms with Crippen molar-refractivity contribution in [2.45, 2.75) is 120 Å². The van der Waals surface area contributed by atoms with Gasteiger partial charge in [0, 0.05) is 30.7 Å². The molecule has 0 radical (unpaired) electrons. The number of alkyl halides is 6. The van der Waals surface area contributed by atoms with Crippen molar-refractivity contribution in [1.82, 2.24) is 10.6 Å². The van der Waals surface area contributed by atoms with Crippen LogP contribution in [0.25, 0.3) is 0 Å². The molecule has 5 aliphatic rings. The number of benzene rings is 1. The molecule has 0 aromatic heterocycles. The molecule has 4 saturated carbocycles. The van der Waals surface area contributed by atoms with E-state index in [0.29, 0.717) is 42.6 Å². The van der Waals surface area contributed by atoms with E-state index in [1.165, 1.54) is 0 Å². The van der Waals surface area contributed by atoms with Crippen molar-refractivity contribution in [3.63, 3.8) is 0 Å². The maximum Gasteiger partial charge on any atom is 0.395 e. The first kappa shape index (κ1) is 30.0. The standard InChI is InChI=1S/C30H38F6N2O4/c31-29(32,33)27(11-12-27)16-37-21-5-1-3-7-23(21)40-18-9-10-19-20(15-18)26(42-25(19)39)41-24-8-4-2-6-22(24)38-17-28(13-14-28)30(34,35)36/h9-10,15,21-24,26,37-38H,1-8,11-14,16-17H2/t21-,22-,23-,24-,26?/m0/s1. The van der Waals surface area contributed by atoms with Crippen LogP contribution >= 0.6 is 0 Å². The molecule has 1 aromatic rings. The number of carbonyl (C=O) groups excluding carboxylic acids is 1. The molecule has 1 aliphatic heterocycles. The summed E-state index contributed by atoms with van der Waals surface area (Å²) in [7, 11) is 0. The van der Waals surface area contributed by atoms with Crippen molar-refractivity contribution in [3.8, 4) is 5.75 Å². The van der Waals surface area contributed by atoms with E-state index in [0.717, 1.165) is 25.7 Å². The van der Waals surface area contributed by atoms with Crippen molar-refractivity contribution in [2.24, 2.45) is 10.8 Å². The lowest BCUT2D eigenvalue weighted by Gasteiger charge is -2.35. The summed E-state index contributed by atoms with van der Waals surface area (Å²) in [5.74, 6) is -0.0783. The lowest BCUT2D eigenvalue weighted by atomic mass is 9.91. The number of halogens is 6. The molecule has 1 unspecified atom stereocenters. The maximum absolute atomic E-state index is 13.5. The van der Waals surface area contributed by atoms with E-state index in [1.807, 2.05) is 0 Å². The smallest absolute Gasteiger partial charge is 0.395 e. The molecule has 2 N–H and O–H groups in total. The zero-order valence-electron chi connectivity index (χ0n) is 23.4. The van der Waals surface area contributed by atoms with Gasteiger partial charge in [0.1, 0.15) is 11.9 Å². The van der Waals surface area contributed by atoms with Crippen molar-refractivity contribution in [2.75, 3.05) is 13.1 Å². The van der Waals surface area contributed by atoms with Gasteiger partial charge in [-0.3, -0.25) is 0 Å². The van der Waals surface area contributed by atoms with Crippen LogP contribution in [-0.2, 0) is 9.47 Å². The number of rotatable bonds is 10. The van der Waals surface area contributed by atoms with Crippen LogP contribution in [0.5, 0.6) is 5.75 Å². The van der Waals surface area contributed by atoms with Crippen LogP contribution in [0.15, 0.2) is 18.2 Å². The third-order valence-corrected chi connectivity index (χ3v) is 10.0. The molecule has 4 aliphatic carbocycles. The molecule has 234 valence electrons. The molecule has 6 rings (SSSR count). The van der Waals surface area contributed by atoms with Crippen LogP contribution < -0.4 is 15.4 Å². The van der Waals surface area contributed by atoms with Gasteiger partial charge in [0.25, 0.3) is 0 Å². The summed E-state index contributed by atoms with van der Waals surface area (Å²) in [6.45, 7) is -0.273. The van der Waals surface area contributed by atoms with Gasteiger partial charge in [-0.1, -0.05) is 19.3 Å². The van der Waals surface area contributed by atoms with Crippen LogP contribution in [0.4, 0.5) is 26.3 Å². The predicted molar refractivity (Wildman–Crippen MR) is 140 cm³/mol. The minimum atomic E-state index is -4.24. The Balaban J connectivity index is 1.11. The maximum atomic E-state index is 13.5. The van der Waals surface area contributed by atoms with Crippen molar-refractivity contribution >= 4 is 5.97 Å². The number of carbonyl (C=O) groups is 1. The van der Waals surface area contributed by atoms with Gasteiger partial charge in [0.2, 0.25) is 6.29 Å². The number of fused-ring (bicyclic) bond motifs is 1. The minimum absolute atomic E-state index is 0.121. The molecule has 4 fully saturated rings. The van der Waals surface area contributed by atoms with Gasteiger partial charge in [-0.15, -0.1) is 0 Å². The lowest BCUT2D eigenvalue weighted by Crippen LogP contribution is -2.49. The number of nitrogens with one attached hydrogen (secondary N) is 2. The SMILES string of the molecule is O=C1OC(O[C@H]2CCCC[C@@H]2NCC2(C(F)(F)F)CC2)c2cc(O[C@H]3CCCC[C@@H]3NCC3(C(F)(F)F)CC3)ccc21. The van der Waals surface area contributed by atoms with Crippen molar-refractivity contribution < 1.29 is 45.3 Å². The van der Waals surface area contributed by atoms with Gasteiger partial charge in [-0.25, -0.2) is 4.79 Å². The third-order valence-electron chi connectivity index (χ3n) is 10.0. The molecular weight excluding hydrogens is 566 g/mol. The number of hydrogen-bond donors (Lipinski definition) is 2. The molecular formula is C30H38F6N2O4. The minimum Gasteiger partial charge on any atom is -0.489 e. The number of ether oxygens (including phenoxy) is 3. The van der Waals surface area contributed by atoms with Gasteiger partial charge in [0.15, 0.2) is 0 Å². The summed E-state index contributed by atoms with van der Waals surface area (Å²) in [4.78, 5) is 12.6. The van der Waals surface area contributed by atoms with Crippen LogP contribution in [0.2, 0.25) is 0 Å². The van der Waals surface area contributed by atoms with Gasteiger partial charge in [-0.2, -0.15) is 26.3 Å². The Labute approximate surface area is 241 Å². The van der Waals surface area contributed by atoms with Crippen LogP contribution in [0.3, 0.4) is 0 Å². The highest BCUT2D eigenvalue weighted by Crippen LogP contribution is 2.58. The van der Waals surface area contributed by atoms with E-state index in [4.69, 9.17) is 14.2 Å². The Morgan fingerprint density at radius 1 is 0.786 bits per heavy atom.